The zero-order chi connectivity index (χ0) is 15.8. The maximum Gasteiger partial charge on any atom is 0.315 e. The lowest BCUT2D eigenvalue weighted by Crippen LogP contribution is -2.37. The average molecular weight is 296 g/mol. The minimum absolute atomic E-state index is 0.307. The number of carboxylic acid groups (broad SMARTS) is 1. The number of halogens is 1. The van der Waals surface area contributed by atoms with Crippen LogP contribution in [0.25, 0.3) is 0 Å². The quantitative estimate of drug-likeness (QED) is 0.677. The second-order valence-electron chi connectivity index (χ2n) is 5.06. The minimum Gasteiger partial charge on any atom is -0.481 e. The van der Waals surface area contributed by atoms with Gasteiger partial charge in [-0.2, -0.15) is 0 Å². The molecule has 1 aromatic rings. The SMILES string of the molecule is CC(CCCNC(=O)NC(C)c1cccc(F)c1)C(=O)O. The van der Waals surface area contributed by atoms with E-state index in [-0.39, 0.29) is 17.9 Å². The van der Waals surface area contributed by atoms with Gasteiger partial charge in [-0.15, -0.1) is 0 Å². The number of hydrogen-bond donors (Lipinski definition) is 3. The van der Waals surface area contributed by atoms with Crippen molar-refractivity contribution in [1.29, 1.82) is 0 Å². The van der Waals surface area contributed by atoms with Gasteiger partial charge in [-0.1, -0.05) is 19.1 Å². The first-order valence-electron chi connectivity index (χ1n) is 6.92. The number of hydrogen-bond acceptors (Lipinski definition) is 2. The molecule has 2 amide bonds. The summed E-state index contributed by atoms with van der Waals surface area (Å²) in [5.41, 5.74) is 0.685. The van der Waals surface area contributed by atoms with Crippen LogP contribution in [0.15, 0.2) is 24.3 Å². The molecule has 0 bridgehead atoms. The zero-order valence-electron chi connectivity index (χ0n) is 12.2. The minimum atomic E-state index is -0.834. The van der Waals surface area contributed by atoms with Crippen molar-refractivity contribution in [2.45, 2.75) is 32.7 Å². The van der Waals surface area contributed by atoms with Gasteiger partial charge in [0, 0.05) is 6.54 Å². The Hall–Kier alpha value is -2.11. The molecule has 5 nitrogen and oxygen atoms in total. The van der Waals surface area contributed by atoms with Gasteiger partial charge in [0.1, 0.15) is 5.82 Å². The largest absolute Gasteiger partial charge is 0.481 e. The van der Waals surface area contributed by atoms with Gasteiger partial charge >= 0.3 is 12.0 Å². The summed E-state index contributed by atoms with van der Waals surface area (Å²) in [5.74, 6) is -1.59. The van der Waals surface area contributed by atoms with Crippen molar-refractivity contribution in [3.8, 4) is 0 Å². The first kappa shape index (κ1) is 16.9. The fraction of sp³-hybridized carbons (Fsp3) is 0.467. The number of rotatable bonds is 7. The lowest BCUT2D eigenvalue weighted by molar-refractivity contribution is -0.141. The maximum atomic E-state index is 13.1. The summed E-state index contributed by atoms with van der Waals surface area (Å²) in [7, 11) is 0. The molecule has 0 fully saturated rings. The van der Waals surface area contributed by atoms with Crippen LogP contribution in [0.5, 0.6) is 0 Å². The maximum absolute atomic E-state index is 13.1. The summed E-state index contributed by atoms with van der Waals surface area (Å²) in [6, 6.07) is 5.39. The molecule has 116 valence electrons. The molecule has 2 atom stereocenters. The molecular formula is C15H21FN2O3. The molecule has 21 heavy (non-hydrogen) atoms. The molecule has 0 heterocycles. The second-order valence-corrected chi connectivity index (χ2v) is 5.06. The normalized spacial score (nSPS) is 13.3. The molecule has 0 aliphatic carbocycles. The van der Waals surface area contributed by atoms with Crippen LogP contribution < -0.4 is 10.6 Å². The highest BCUT2D eigenvalue weighted by atomic mass is 19.1. The van der Waals surface area contributed by atoms with E-state index in [1.807, 2.05) is 0 Å². The van der Waals surface area contributed by atoms with Gasteiger partial charge in [0.05, 0.1) is 12.0 Å². The Balaban J connectivity index is 2.29. The van der Waals surface area contributed by atoms with Gasteiger partial charge in [-0.05, 0) is 37.5 Å². The molecule has 0 radical (unpaired) electrons. The molecule has 1 aromatic carbocycles. The van der Waals surface area contributed by atoms with Gasteiger partial charge in [0.15, 0.2) is 0 Å². The molecule has 0 saturated heterocycles. The van der Waals surface area contributed by atoms with Crippen molar-refractivity contribution >= 4 is 12.0 Å². The third kappa shape index (κ3) is 6.25. The molecule has 0 aliphatic heterocycles. The predicted octanol–water partition coefficient (Wildman–Crippen LogP) is 2.69. The summed E-state index contributed by atoms with van der Waals surface area (Å²) >= 11 is 0. The first-order chi connectivity index (χ1) is 9.90. The van der Waals surface area contributed by atoms with Crippen LogP contribution in [-0.4, -0.2) is 23.7 Å². The van der Waals surface area contributed by atoms with Crippen molar-refractivity contribution in [3.63, 3.8) is 0 Å². The standard InChI is InChI=1S/C15H21FN2O3/c1-10(14(19)20)5-4-8-17-15(21)18-11(2)12-6-3-7-13(16)9-12/h3,6-7,9-11H,4-5,8H2,1-2H3,(H,19,20)(H2,17,18,21). The fourth-order valence-corrected chi connectivity index (χ4v) is 1.84. The smallest absolute Gasteiger partial charge is 0.315 e. The van der Waals surface area contributed by atoms with Gasteiger partial charge in [0.2, 0.25) is 0 Å². The monoisotopic (exact) mass is 296 g/mol. The highest BCUT2D eigenvalue weighted by Gasteiger charge is 2.11. The van der Waals surface area contributed by atoms with E-state index in [0.29, 0.717) is 24.9 Å². The zero-order valence-corrected chi connectivity index (χ0v) is 12.2. The molecular weight excluding hydrogens is 275 g/mol. The van der Waals surface area contributed by atoms with Crippen molar-refractivity contribution < 1.29 is 19.1 Å². The van der Waals surface area contributed by atoms with E-state index < -0.39 is 11.9 Å². The number of benzene rings is 1. The number of carbonyl (C=O) groups excluding carboxylic acids is 1. The van der Waals surface area contributed by atoms with E-state index >= 15 is 0 Å². The first-order valence-corrected chi connectivity index (χ1v) is 6.92. The van der Waals surface area contributed by atoms with Crippen LogP contribution >= 0.6 is 0 Å². The molecule has 3 N–H and O–H groups in total. The van der Waals surface area contributed by atoms with E-state index in [2.05, 4.69) is 10.6 Å². The van der Waals surface area contributed by atoms with Crippen molar-refractivity contribution in [1.82, 2.24) is 10.6 Å². The van der Waals surface area contributed by atoms with Gasteiger partial charge in [-0.25, -0.2) is 9.18 Å². The molecule has 6 heteroatoms. The molecule has 1 rings (SSSR count). The molecule has 2 unspecified atom stereocenters. The topological polar surface area (TPSA) is 78.4 Å². The lowest BCUT2D eigenvalue weighted by Gasteiger charge is -2.15. The van der Waals surface area contributed by atoms with Gasteiger partial charge in [-0.3, -0.25) is 4.79 Å². The highest BCUT2D eigenvalue weighted by molar-refractivity contribution is 5.74. The summed E-state index contributed by atoms with van der Waals surface area (Å²) in [4.78, 5) is 22.3. The van der Waals surface area contributed by atoms with Crippen molar-refractivity contribution in [3.05, 3.63) is 35.6 Å². The predicted molar refractivity (Wildman–Crippen MR) is 77.4 cm³/mol. The summed E-state index contributed by atoms with van der Waals surface area (Å²) in [5, 5.41) is 14.1. The van der Waals surface area contributed by atoms with E-state index in [1.165, 1.54) is 12.1 Å². The van der Waals surface area contributed by atoms with E-state index in [0.717, 1.165) is 0 Å². The number of carboxylic acids is 1. The Kier molecular flexibility index (Phi) is 6.65. The number of amides is 2. The van der Waals surface area contributed by atoms with Crippen molar-refractivity contribution in [2.24, 2.45) is 5.92 Å². The third-order valence-electron chi connectivity index (χ3n) is 3.22. The highest BCUT2D eigenvalue weighted by Crippen LogP contribution is 2.13. The Morgan fingerprint density at radius 3 is 2.67 bits per heavy atom. The number of aliphatic carboxylic acids is 1. The number of urea groups is 1. The van der Waals surface area contributed by atoms with Crippen LogP contribution in [0.3, 0.4) is 0 Å². The Morgan fingerprint density at radius 1 is 1.33 bits per heavy atom. The van der Waals surface area contributed by atoms with Crippen LogP contribution in [0, 0.1) is 11.7 Å². The van der Waals surface area contributed by atoms with E-state index in [1.54, 1.807) is 26.0 Å². The average Bonchev–Trinajstić information content (AvgIpc) is 2.43. The van der Waals surface area contributed by atoms with Gasteiger partial charge in [0.25, 0.3) is 0 Å². The molecule has 0 saturated carbocycles. The Labute approximate surface area is 123 Å². The van der Waals surface area contributed by atoms with Crippen molar-refractivity contribution in [2.75, 3.05) is 6.54 Å². The second kappa shape index (κ2) is 8.24. The number of nitrogens with one attached hydrogen (secondary N) is 2. The Bertz CT molecular complexity index is 494. The van der Waals surface area contributed by atoms with Crippen LogP contribution in [0.4, 0.5) is 9.18 Å². The molecule has 0 spiro atoms. The molecule has 0 aliphatic rings. The van der Waals surface area contributed by atoms with Crippen LogP contribution in [0.1, 0.15) is 38.3 Å². The van der Waals surface area contributed by atoms with Crippen LogP contribution in [0.2, 0.25) is 0 Å². The number of carbonyl (C=O) groups is 2. The van der Waals surface area contributed by atoms with E-state index in [9.17, 15) is 14.0 Å². The summed E-state index contributed by atoms with van der Waals surface area (Å²) < 4.78 is 13.1. The van der Waals surface area contributed by atoms with Crippen LogP contribution in [-0.2, 0) is 4.79 Å². The summed E-state index contributed by atoms with van der Waals surface area (Å²) in [6.07, 6.45) is 1.10. The molecule has 0 aromatic heterocycles. The summed E-state index contributed by atoms with van der Waals surface area (Å²) in [6.45, 7) is 3.80. The fourth-order valence-electron chi connectivity index (χ4n) is 1.84. The Morgan fingerprint density at radius 2 is 2.05 bits per heavy atom. The van der Waals surface area contributed by atoms with E-state index in [4.69, 9.17) is 5.11 Å². The lowest BCUT2D eigenvalue weighted by atomic mass is 10.1. The third-order valence-corrected chi connectivity index (χ3v) is 3.22. The van der Waals surface area contributed by atoms with Gasteiger partial charge < -0.3 is 15.7 Å².